The number of amides is 1. The van der Waals surface area contributed by atoms with E-state index >= 15 is 0 Å². The molecule has 0 spiro atoms. The van der Waals surface area contributed by atoms with Crippen LogP contribution in [0.4, 0.5) is 10.2 Å². The molecule has 1 fully saturated rings. The van der Waals surface area contributed by atoms with Crippen LogP contribution in [0.15, 0.2) is 48.7 Å². The lowest BCUT2D eigenvalue weighted by Crippen LogP contribution is -2.53. The number of carbonyl (C=O) groups is 1. The van der Waals surface area contributed by atoms with Gasteiger partial charge in [-0.2, -0.15) is 0 Å². The van der Waals surface area contributed by atoms with E-state index in [9.17, 15) is 14.3 Å². The van der Waals surface area contributed by atoms with Crippen LogP contribution in [0, 0.1) is 5.82 Å². The Hall–Kier alpha value is -2.51. The normalized spacial score (nSPS) is 20.5. The van der Waals surface area contributed by atoms with Gasteiger partial charge in [-0.05, 0) is 43.7 Å². The molecule has 1 amide bonds. The van der Waals surface area contributed by atoms with Crippen LogP contribution in [0.2, 0.25) is 0 Å². The number of halogens is 1. The zero-order valence-electron chi connectivity index (χ0n) is 14.4. The Bertz CT molecular complexity index is 744. The van der Waals surface area contributed by atoms with Gasteiger partial charge in [-0.1, -0.05) is 12.1 Å². The van der Waals surface area contributed by atoms with Crippen LogP contribution in [0.3, 0.4) is 0 Å². The SMILES string of the molecule is O=C(CN1CCC[C@](O)(COc2cccc(F)c2)C1)Nc1ccccn1. The van der Waals surface area contributed by atoms with Crippen molar-refractivity contribution in [2.24, 2.45) is 0 Å². The monoisotopic (exact) mass is 359 g/mol. The summed E-state index contributed by atoms with van der Waals surface area (Å²) in [4.78, 5) is 18.1. The number of likely N-dealkylation sites (tertiary alicyclic amines) is 1. The van der Waals surface area contributed by atoms with Gasteiger partial charge < -0.3 is 15.2 Å². The summed E-state index contributed by atoms with van der Waals surface area (Å²) >= 11 is 0. The Morgan fingerprint density at radius 2 is 2.23 bits per heavy atom. The Labute approximate surface area is 151 Å². The van der Waals surface area contributed by atoms with E-state index in [-0.39, 0.29) is 24.9 Å². The summed E-state index contributed by atoms with van der Waals surface area (Å²) in [6.07, 6.45) is 2.93. The van der Waals surface area contributed by atoms with Gasteiger partial charge >= 0.3 is 0 Å². The van der Waals surface area contributed by atoms with Gasteiger partial charge in [-0.25, -0.2) is 9.37 Å². The topological polar surface area (TPSA) is 74.7 Å². The third-order valence-electron chi connectivity index (χ3n) is 4.24. The fourth-order valence-corrected chi connectivity index (χ4v) is 3.06. The molecule has 2 heterocycles. The number of aromatic nitrogens is 1. The quantitative estimate of drug-likeness (QED) is 0.826. The number of pyridine rings is 1. The van der Waals surface area contributed by atoms with Crippen LogP contribution in [0.1, 0.15) is 12.8 Å². The van der Waals surface area contributed by atoms with Crippen LogP contribution >= 0.6 is 0 Å². The van der Waals surface area contributed by atoms with E-state index in [4.69, 9.17) is 4.74 Å². The third-order valence-corrected chi connectivity index (χ3v) is 4.24. The number of nitrogens with zero attached hydrogens (tertiary/aromatic N) is 2. The maximum Gasteiger partial charge on any atom is 0.239 e. The van der Waals surface area contributed by atoms with E-state index in [1.54, 1.807) is 36.5 Å². The molecule has 1 aliphatic heterocycles. The Balaban J connectivity index is 1.51. The number of ether oxygens (including phenoxy) is 1. The Morgan fingerprint density at radius 1 is 1.35 bits per heavy atom. The van der Waals surface area contributed by atoms with Crippen molar-refractivity contribution >= 4 is 11.7 Å². The summed E-state index contributed by atoms with van der Waals surface area (Å²) in [5.41, 5.74) is -1.07. The predicted molar refractivity (Wildman–Crippen MR) is 95.4 cm³/mol. The summed E-state index contributed by atoms with van der Waals surface area (Å²) in [6, 6.07) is 11.1. The first-order chi connectivity index (χ1) is 12.5. The second-order valence-corrected chi connectivity index (χ2v) is 6.55. The lowest BCUT2D eigenvalue weighted by molar-refractivity contribution is -0.119. The number of nitrogens with one attached hydrogen (secondary N) is 1. The van der Waals surface area contributed by atoms with Crippen LogP contribution < -0.4 is 10.1 Å². The van der Waals surface area contributed by atoms with Gasteiger partial charge in [0.05, 0.1) is 6.54 Å². The number of carbonyl (C=O) groups excluding carboxylic acids is 1. The summed E-state index contributed by atoms with van der Waals surface area (Å²) in [7, 11) is 0. The molecule has 1 atom stereocenters. The molecule has 6 nitrogen and oxygen atoms in total. The lowest BCUT2D eigenvalue weighted by atomic mass is 9.93. The first-order valence-electron chi connectivity index (χ1n) is 8.56. The maximum atomic E-state index is 13.2. The van der Waals surface area contributed by atoms with E-state index in [1.807, 2.05) is 4.90 Å². The molecule has 0 aliphatic carbocycles. The van der Waals surface area contributed by atoms with Crippen molar-refractivity contribution in [3.05, 3.63) is 54.5 Å². The molecule has 1 saturated heterocycles. The minimum absolute atomic E-state index is 0.0504. The predicted octanol–water partition coefficient (Wildman–Crippen LogP) is 2.07. The van der Waals surface area contributed by atoms with Crippen molar-refractivity contribution in [2.75, 3.05) is 31.6 Å². The van der Waals surface area contributed by atoms with Gasteiger partial charge in [0.2, 0.25) is 5.91 Å². The van der Waals surface area contributed by atoms with Crippen LogP contribution in [0.5, 0.6) is 5.75 Å². The molecule has 2 aromatic rings. The molecule has 0 bridgehead atoms. The summed E-state index contributed by atoms with van der Waals surface area (Å²) < 4.78 is 18.8. The first-order valence-corrected chi connectivity index (χ1v) is 8.56. The maximum absolute atomic E-state index is 13.2. The second-order valence-electron chi connectivity index (χ2n) is 6.55. The molecule has 26 heavy (non-hydrogen) atoms. The van der Waals surface area contributed by atoms with Gasteiger partial charge in [0.15, 0.2) is 0 Å². The zero-order chi connectivity index (χ0) is 18.4. The van der Waals surface area contributed by atoms with Crippen LogP contribution in [-0.2, 0) is 4.79 Å². The molecular formula is C19H22FN3O3. The highest BCUT2D eigenvalue weighted by Gasteiger charge is 2.34. The summed E-state index contributed by atoms with van der Waals surface area (Å²) in [6.45, 7) is 1.25. The third kappa shape index (κ3) is 5.24. The lowest BCUT2D eigenvalue weighted by Gasteiger charge is -2.38. The highest BCUT2D eigenvalue weighted by Crippen LogP contribution is 2.23. The van der Waals surface area contributed by atoms with E-state index in [0.717, 1.165) is 13.0 Å². The molecule has 0 saturated carbocycles. The number of hydrogen-bond donors (Lipinski definition) is 2. The number of aliphatic hydroxyl groups is 1. The molecule has 1 aromatic heterocycles. The van der Waals surface area contributed by atoms with E-state index < -0.39 is 5.60 Å². The van der Waals surface area contributed by atoms with Crippen LogP contribution in [0.25, 0.3) is 0 Å². The highest BCUT2D eigenvalue weighted by molar-refractivity contribution is 5.91. The average molecular weight is 359 g/mol. The molecule has 3 rings (SSSR count). The van der Waals surface area contributed by atoms with Crippen molar-refractivity contribution in [2.45, 2.75) is 18.4 Å². The van der Waals surface area contributed by atoms with Crippen molar-refractivity contribution in [1.82, 2.24) is 9.88 Å². The van der Waals surface area contributed by atoms with Gasteiger partial charge in [0, 0.05) is 18.8 Å². The molecule has 2 N–H and O–H groups in total. The van der Waals surface area contributed by atoms with Crippen LogP contribution in [-0.4, -0.2) is 52.7 Å². The van der Waals surface area contributed by atoms with Gasteiger partial charge in [0.25, 0.3) is 0 Å². The average Bonchev–Trinajstić information content (AvgIpc) is 2.61. The highest BCUT2D eigenvalue weighted by atomic mass is 19.1. The number of hydrogen-bond acceptors (Lipinski definition) is 5. The van der Waals surface area contributed by atoms with Crippen molar-refractivity contribution in [3.8, 4) is 5.75 Å². The summed E-state index contributed by atoms with van der Waals surface area (Å²) in [5, 5.41) is 13.5. The van der Waals surface area contributed by atoms with Gasteiger partial charge in [-0.3, -0.25) is 9.69 Å². The number of rotatable bonds is 6. The standard InChI is InChI=1S/C19H22FN3O3/c20-15-5-3-6-16(11-15)26-14-19(25)8-4-10-23(13-19)12-18(24)22-17-7-1-2-9-21-17/h1-3,5-7,9,11,25H,4,8,10,12-14H2,(H,21,22,24)/t19-/m1/s1. The fourth-order valence-electron chi connectivity index (χ4n) is 3.06. The molecule has 138 valence electrons. The first kappa shape index (κ1) is 18.3. The smallest absolute Gasteiger partial charge is 0.239 e. The number of anilines is 1. The molecule has 1 aliphatic rings. The Kier molecular flexibility index (Phi) is 5.80. The number of benzene rings is 1. The van der Waals surface area contributed by atoms with E-state index in [0.29, 0.717) is 24.5 Å². The van der Waals surface area contributed by atoms with E-state index in [2.05, 4.69) is 10.3 Å². The molecule has 0 radical (unpaired) electrons. The van der Waals surface area contributed by atoms with E-state index in [1.165, 1.54) is 12.1 Å². The minimum atomic E-state index is -1.07. The van der Waals surface area contributed by atoms with Crippen molar-refractivity contribution in [1.29, 1.82) is 0 Å². The fraction of sp³-hybridized carbons (Fsp3) is 0.368. The minimum Gasteiger partial charge on any atom is -0.490 e. The zero-order valence-corrected chi connectivity index (χ0v) is 14.4. The van der Waals surface area contributed by atoms with Gasteiger partial charge in [0.1, 0.15) is 29.6 Å². The van der Waals surface area contributed by atoms with Gasteiger partial charge in [-0.15, -0.1) is 0 Å². The van der Waals surface area contributed by atoms with Crippen molar-refractivity contribution in [3.63, 3.8) is 0 Å². The Morgan fingerprint density at radius 3 is 3.00 bits per heavy atom. The second kappa shape index (κ2) is 8.25. The molecule has 1 aromatic carbocycles. The molecule has 7 heteroatoms. The largest absolute Gasteiger partial charge is 0.490 e. The number of piperidine rings is 1. The molecule has 0 unspecified atom stereocenters. The molecular weight excluding hydrogens is 337 g/mol. The summed E-state index contributed by atoms with van der Waals surface area (Å²) in [5.74, 6) is 0.313. The van der Waals surface area contributed by atoms with Crippen molar-refractivity contribution < 1.29 is 19.0 Å². The number of β-amino-alcohol motifs (C(OH)–C–C–N with tert-alkyl or cyclic N) is 1.